The number of ether oxygens (including phenoxy) is 4. The molecular weight excluding hydrogens is 522 g/mol. The van der Waals surface area contributed by atoms with E-state index in [4.69, 9.17) is 23.9 Å². The van der Waals surface area contributed by atoms with Gasteiger partial charge in [-0.15, -0.1) is 0 Å². The Bertz CT molecular complexity index is 1510. The number of carbonyl (C=O) groups excluding carboxylic acids is 1. The Morgan fingerprint density at radius 2 is 1.86 bits per heavy atom. The summed E-state index contributed by atoms with van der Waals surface area (Å²) in [5.74, 6) is 1.85. The molecule has 0 bridgehead atoms. The number of nitrogens with zero attached hydrogens (tertiary/aromatic N) is 1. The summed E-state index contributed by atoms with van der Waals surface area (Å²) in [7, 11) is 0. The van der Waals surface area contributed by atoms with E-state index in [0.29, 0.717) is 11.3 Å². The van der Waals surface area contributed by atoms with Crippen molar-refractivity contribution in [2.24, 2.45) is 0 Å². The van der Waals surface area contributed by atoms with E-state index in [-0.39, 0.29) is 26.0 Å². The van der Waals surface area contributed by atoms with Crippen molar-refractivity contribution >= 4 is 44.5 Å². The number of halogens is 1. The Kier molecular flexibility index (Phi) is 6.07. The molecule has 0 radical (unpaired) electrons. The molecule has 6 rings (SSSR count). The number of esters is 1. The zero-order valence-corrected chi connectivity index (χ0v) is 20.9. The third-order valence-corrected chi connectivity index (χ3v) is 6.76. The maximum absolute atomic E-state index is 13.3. The summed E-state index contributed by atoms with van der Waals surface area (Å²) < 4.78 is 23.3. The fourth-order valence-electron chi connectivity index (χ4n) is 4.64. The predicted octanol–water partition coefficient (Wildman–Crippen LogP) is 6.45. The molecule has 0 fully saturated rings. The summed E-state index contributed by atoms with van der Waals surface area (Å²) >= 11 is 3.43. The molecule has 1 aliphatic heterocycles. The van der Waals surface area contributed by atoms with Gasteiger partial charge in [0.25, 0.3) is 0 Å². The lowest BCUT2D eigenvalue weighted by Crippen LogP contribution is -2.15. The lowest BCUT2D eigenvalue weighted by Gasteiger charge is -2.13. The van der Waals surface area contributed by atoms with E-state index in [0.717, 1.165) is 62.1 Å². The first-order valence-electron chi connectivity index (χ1n) is 11.7. The molecular formula is C29H22BrNO5. The number of fused-ring (bicyclic) bond motifs is 3. The van der Waals surface area contributed by atoms with Crippen LogP contribution in [0.3, 0.4) is 0 Å². The van der Waals surface area contributed by atoms with Gasteiger partial charge >= 0.3 is 5.97 Å². The van der Waals surface area contributed by atoms with Crippen molar-refractivity contribution in [3.8, 4) is 17.2 Å². The fraction of sp³-hybridized carbons (Fsp3) is 0.172. The van der Waals surface area contributed by atoms with Crippen LogP contribution in [0.2, 0.25) is 0 Å². The predicted molar refractivity (Wildman–Crippen MR) is 140 cm³/mol. The molecule has 2 aliphatic rings. The van der Waals surface area contributed by atoms with E-state index in [2.05, 4.69) is 22.0 Å². The average Bonchev–Trinajstić information content (AvgIpc) is 3.52. The molecule has 0 saturated heterocycles. The first-order chi connectivity index (χ1) is 17.7. The number of pyridine rings is 1. The van der Waals surface area contributed by atoms with Crippen LogP contribution >= 0.6 is 15.9 Å². The van der Waals surface area contributed by atoms with Gasteiger partial charge in [-0.3, -0.25) is 0 Å². The molecule has 0 spiro atoms. The lowest BCUT2D eigenvalue weighted by atomic mass is 10.0. The highest BCUT2D eigenvalue weighted by Crippen LogP contribution is 2.39. The minimum absolute atomic E-state index is 0.149. The molecule has 0 saturated carbocycles. The molecule has 2 heterocycles. The zero-order chi connectivity index (χ0) is 24.5. The molecule has 0 atom stereocenters. The standard InChI is InChI=1S/C29H22BrNO5/c30-20-4-3-5-21(16-20)33-12-13-34-29(32)27-22-6-1-2-7-24(22)31-28-19(9-10-23(27)28)14-18-8-11-25-26(15-18)36-17-35-25/h1-8,11,14-16H,9-10,12-13,17H2. The van der Waals surface area contributed by atoms with Crippen molar-refractivity contribution in [1.82, 2.24) is 4.98 Å². The van der Waals surface area contributed by atoms with E-state index in [1.165, 1.54) is 0 Å². The SMILES string of the molecule is O=C(OCCOc1cccc(Br)c1)c1c2c(nc3ccccc13)C(=Cc1ccc3c(c1)OCO3)CC2. The van der Waals surface area contributed by atoms with E-state index in [9.17, 15) is 4.79 Å². The van der Waals surface area contributed by atoms with Gasteiger partial charge in [0.15, 0.2) is 11.5 Å². The first kappa shape index (κ1) is 22.6. The Balaban J connectivity index is 1.27. The number of carbonyl (C=O) groups is 1. The van der Waals surface area contributed by atoms with E-state index < -0.39 is 0 Å². The topological polar surface area (TPSA) is 66.9 Å². The van der Waals surface area contributed by atoms with E-state index in [1.54, 1.807) is 0 Å². The van der Waals surface area contributed by atoms with Crippen LogP contribution in [-0.4, -0.2) is 31.0 Å². The lowest BCUT2D eigenvalue weighted by molar-refractivity contribution is 0.0451. The van der Waals surface area contributed by atoms with E-state index >= 15 is 0 Å². The van der Waals surface area contributed by atoms with Crippen molar-refractivity contribution in [2.45, 2.75) is 12.8 Å². The quantitative estimate of drug-likeness (QED) is 0.205. The van der Waals surface area contributed by atoms with E-state index in [1.807, 2.05) is 66.7 Å². The monoisotopic (exact) mass is 543 g/mol. The first-order valence-corrected chi connectivity index (χ1v) is 12.5. The highest BCUT2D eigenvalue weighted by atomic mass is 79.9. The van der Waals surface area contributed by atoms with Gasteiger partial charge in [-0.05, 0) is 72.0 Å². The third-order valence-electron chi connectivity index (χ3n) is 6.26. The summed E-state index contributed by atoms with van der Waals surface area (Å²) in [4.78, 5) is 18.2. The highest BCUT2D eigenvalue weighted by Gasteiger charge is 2.27. The summed E-state index contributed by atoms with van der Waals surface area (Å²) in [5, 5.41) is 0.804. The van der Waals surface area contributed by atoms with Gasteiger partial charge in [-0.25, -0.2) is 9.78 Å². The Labute approximate surface area is 216 Å². The molecule has 6 nitrogen and oxygen atoms in total. The third kappa shape index (κ3) is 4.42. The smallest absolute Gasteiger partial charge is 0.339 e. The molecule has 0 unspecified atom stereocenters. The van der Waals surface area contributed by atoms with Crippen molar-refractivity contribution in [3.05, 3.63) is 93.6 Å². The van der Waals surface area contributed by atoms with Gasteiger partial charge in [0, 0.05) is 9.86 Å². The second kappa shape index (κ2) is 9.66. The van der Waals surface area contributed by atoms with Crippen LogP contribution in [0.1, 0.15) is 33.6 Å². The van der Waals surface area contributed by atoms with Crippen molar-refractivity contribution in [1.29, 1.82) is 0 Å². The van der Waals surface area contributed by atoms with Gasteiger partial charge in [0.05, 0.1) is 16.8 Å². The second-order valence-electron chi connectivity index (χ2n) is 8.56. The maximum atomic E-state index is 13.3. The van der Waals surface area contributed by atoms with Crippen LogP contribution in [0, 0.1) is 0 Å². The molecule has 36 heavy (non-hydrogen) atoms. The normalized spacial score (nSPS) is 14.8. The van der Waals surface area contributed by atoms with Crippen LogP contribution < -0.4 is 14.2 Å². The molecule has 0 amide bonds. The Hall–Kier alpha value is -3.84. The molecule has 1 aromatic heterocycles. The van der Waals surface area contributed by atoms with Crippen LogP contribution in [0.5, 0.6) is 17.2 Å². The summed E-state index contributed by atoms with van der Waals surface area (Å²) in [6, 6.07) is 21.1. The number of rotatable bonds is 6. The van der Waals surface area contributed by atoms with Crippen molar-refractivity contribution < 1.29 is 23.7 Å². The molecule has 3 aromatic carbocycles. The van der Waals surface area contributed by atoms with Crippen LogP contribution in [0.25, 0.3) is 22.6 Å². The molecule has 1 aliphatic carbocycles. The van der Waals surface area contributed by atoms with Crippen LogP contribution in [0.15, 0.2) is 71.2 Å². The molecule has 180 valence electrons. The molecule has 7 heteroatoms. The zero-order valence-electron chi connectivity index (χ0n) is 19.3. The fourth-order valence-corrected chi connectivity index (χ4v) is 5.02. The Morgan fingerprint density at radius 3 is 2.78 bits per heavy atom. The van der Waals surface area contributed by atoms with Gasteiger partial charge in [-0.1, -0.05) is 46.3 Å². The summed E-state index contributed by atoms with van der Waals surface area (Å²) in [6.45, 7) is 0.657. The van der Waals surface area contributed by atoms with Gasteiger partial charge in [0.2, 0.25) is 6.79 Å². The van der Waals surface area contributed by atoms with Gasteiger partial charge in [0.1, 0.15) is 19.0 Å². The summed E-state index contributed by atoms with van der Waals surface area (Å²) in [5.41, 5.74) is 5.23. The van der Waals surface area contributed by atoms with Crippen LogP contribution in [-0.2, 0) is 11.2 Å². The van der Waals surface area contributed by atoms with Crippen molar-refractivity contribution in [3.63, 3.8) is 0 Å². The maximum Gasteiger partial charge on any atom is 0.339 e. The number of hydrogen-bond donors (Lipinski definition) is 0. The number of aromatic nitrogens is 1. The number of allylic oxidation sites excluding steroid dienone is 1. The minimum Gasteiger partial charge on any atom is -0.490 e. The van der Waals surface area contributed by atoms with Gasteiger partial charge < -0.3 is 18.9 Å². The highest BCUT2D eigenvalue weighted by molar-refractivity contribution is 9.10. The van der Waals surface area contributed by atoms with Crippen LogP contribution in [0.4, 0.5) is 0 Å². The largest absolute Gasteiger partial charge is 0.490 e. The number of benzene rings is 3. The summed E-state index contributed by atoms with van der Waals surface area (Å²) in [6.07, 6.45) is 3.62. The minimum atomic E-state index is -0.355. The molecule has 0 N–H and O–H groups in total. The molecule has 4 aromatic rings. The van der Waals surface area contributed by atoms with Crippen molar-refractivity contribution in [2.75, 3.05) is 20.0 Å². The average molecular weight is 544 g/mol. The number of para-hydroxylation sites is 1. The Morgan fingerprint density at radius 1 is 0.972 bits per heavy atom. The number of hydrogen-bond acceptors (Lipinski definition) is 6. The second-order valence-corrected chi connectivity index (χ2v) is 9.47. The van der Waals surface area contributed by atoms with Gasteiger partial charge in [-0.2, -0.15) is 0 Å².